The molecule has 0 aromatic carbocycles. The highest BCUT2D eigenvalue weighted by atomic mass is 15.2. The van der Waals surface area contributed by atoms with Crippen LogP contribution in [0, 0.1) is 11.8 Å². The van der Waals surface area contributed by atoms with Crippen LogP contribution < -0.4 is 5.32 Å². The van der Waals surface area contributed by atoms with Crippen molar-refractivity contribution < 1.29 is 0 Å². The molecule has 1 heterocycles. The van der Waals surface area contributed by atoms with E-state index >= 15 is 0 Å². The van der Waals surface area contributed by atoms with Gasteiger partial charge in [-0.1, -0.05) is 13.8 Å². The lowest BCUT2D eigenvalue weighted by Gasteiger charge is -2.45. The molecule has 2 fully saturated rings. The standard InChI is InChI=1S/C14H28N2/c1-11-6-7-13(15-3)14(9-11)16-8-4-5-12(2)10-16/h11-15H,4-10H2,1-3H3. The normalized spacial score (nSPS) is 42.2. The molecular formula is C14H28N2. The number of hydrogen-bond donors (Lipinski definition) is 1. The first kappa shape index (κ1) is 12.4. The molecule has 2 aliphatic rings. The molecule has 0 amide bonds. The SMILES string of the molecule is CNC1CCC(C)CC1N1CCCC(C)C1. The maximum absolute atomic E-state index is 3.55. The lowest BCUT2D eigenvalue weighted by atomic mass is 9.81. The van der Waals surface area contributed by atoms with Gasteiger partial charge in [0.05, 0.1) is 0 Å². The van der Waals surface area contributed by atoms with Gasteiger partial charge in [0.2, 0.25) is 0 Å². The summed E-state index contributed by atoms with van der Waals surface area (Å²) < 4.78 is 0. The third-order valence-electron chi connectivity index (χ3n) is 4.61. The van der Waals surface area contributed by atoms with E-state index in [9.17, 15) is 0 Å². The minimum absolute atomic E-state index is 0.737. The highest BCUT2D eigenvalue weighted by Crippen LogP contribution is 2.30. The molecule has 94 valence electrons. The quantitative estimate of drug-likeness (QED) is 0.775. The van der Waals surface area contributed by atoms with E-state index in [-0.39, 0.29) is 0 Å². The van der Waals surface area contributed by atoms with Crippen LogP contribution in [0.1, 0.15) is 46.0 Å². The highest BCUT2D eigenvalue weighted by Gasteiger charge is 2.33. The van der Waals surface area contributed by atoms with E-state index in [1.807, 2.05) is 0 Å². The second kappa shape index (κ2) is 5.50. The van der Waals surface area contributed by atoms with Crippen molar-refractivity contribution in [2.24, 2.45) is 11.8 Å². The average Bonchev–Trinajstić information content (AvgIpc) is 2.29. The van der Waals surface area contributed by atoms with Crippen LogP contribution in [0.3, 0.4) is 0 Å². The van der Waals surface area contributed by atoms with Crippen molar-refractivity contribution in [2.75, 3.05) is 20.1 Å². The van der Waals surface area contributed by atoms with Gasteiger partial charge in [-0.3, -0.25) is 4.90 Å². The molecule has 0 spiro atoms. The lowest BCUT2D eigenvalue weighted by Crippen LogP contribution is -2.54. The molecule has 2 rings (SSSR count). The van der Waals surface area contributed by atoms with Crippen molar-refractivity contribution in [2.45, 2.75) is 58.0 Å². The number of hydrogen-bond acceptors (Lipinski definition) is 2. The molecule has 4 unspecified atom stereocenters. The van der Waals surface area contributed by atoms with Gasteiger partial charge in [-0.25, -0.2) is 0 Å². The van der Waals surface area contributed by atoms with Crippen LogP contribution in [0.2, 0.25) is 0 Å². The van der Waals surface area contributed by atoms with Gasteiger partial charge in [0.1, 0.15) is 0 Å². The summed E-state index contributed by atoms with van der Waals surface area (Å²) >= 11 is 0. The zero-order valence-electron chi connectivity index (χ0n) is 11.2. The first-order chi connectivity index (χ1) is 7.70. The van der Waals surface area contributed by atoms with Crippen molar-refractivity contribution in [3.8, 4) is 0 Å². The van der Waals surface area contributed by atoms with Gasteiger partial charge in [0, 0.05) is 18.6 Å². The second-order valence-electron chi connectivity index (χ2n) is 6.12. The molecule has 1 aliphatic carbocycles. The summed E-state index contributed by atoms with van der Waals surface area (Å²) in [5, 5.41) is 3.55. The Bertz CT molecular complexity index is 217. The highest BCUT2D eigenvalue weighted by molar-refractivity contribution is 4.91. The second-order valence-corrected chi connectivity index (χ2v) is 6.12. The fourth-order valence-corrected chi connectivity index (χ4v) is 3.62. The fraction of sp³-hybridized carbons (Fsp3) is 1.00. The van der Waals surface area contributed by atoms with Crippen LogP contribution in [0.25, 0.3) is 0 Å². The van der Waals surface area contributed by atoms with Gasteiger partial charge in [-0.05, 0) is 57.5 Å². The summed E-state index contributed by atoms with van der Waals surface area (Å²) in [7, 11) is 2.14. The van der Waals surface area contributed by atoms with Crippen LogP contribution >= 0.6 is 0 Å². The van der Waals surface area contributed by atoms with E-state index in [1.54, 1.807) is 0 Å². The Hall–Kier alpha value is -0.0800. The smallest absolute Gasteiger partial charge is 0.0251 e. The van der Waals surface area contributed by atoms with Gasteiger partial charge < -0.3 is 5.32 Å². The summed E-state index contributed by atoms with van der Waals surface area (Å²) in [6.07, 6.45) is 7.02. The number of likely N-dealkylation sites (tertiary alicyclic amines) is 1. The van der Waals surface area contributed by atoms with Crippen LogP contribution in [0.15, 0.2) is 0 Å². The fourth-order valence-electron chi connectivity index (χ4n) is 3.62. The monoisotopic (exact) mass is 224 g/mol. The summed E-state index contributed by atoms with van der Waals surface area (Å²) in [5.41, 5.74) is 0. The molecule has 0 radical (unpaired) electrons. The summed E-state index contributed by atoms with van der Waals surface area (Å²) in [6, 6.07) is 1.54. The molecule has 4 atom stereocenters. The van der Waals surface area contributed by atoms with Gasteiger partial charge in [-0.2, -0.15) is 0 Å². The molecule has 0 aromatic rings. The number of rotatable bonds is 2. The van der Waals surface area contributed by atoms with Crippen LogP contribution in [0.5, 0.6) is 0 Å². The van der Waals surface area contributed by atoms with Crippen LogP contribution in [-0.4, -0.2) is 37.1 Å². The molecule has 1 N–H and O–H groups in total. The molecular weight excluding hydrogens is 196 g/mol. The predicted octanol–water partition coefficient (Wildman–Crippen LogP) is 2.49. The van der Waals surface area contributed by atoms with Gasteiger partial charge in [0.15, 0.2) is 0 Å². The van der Waals surface area contributed by atoms with Crippen molar-refractivity contribution in [1.29, 1.82) is 0 Å². The molecule has 2 heteroatoms. The zero-order chi connectivity index (χ0) is 11.5. The predicted molar refractivity (Wildman–Crippen MR) is 69.6 cm³/mol. The molecule has 1 saturated heterocycles. The first-order valence-electron chi connectivity index (χ1n) is 7.12. The van der Waals surface area contributed by atoms with E-state index in [4.69, 9.17) is 0 Å². The summed E-state index contributed by atoms with van der Waals surface area (Å²) in [5.74, 6) is 1.83. The average molecular weight is 224 g/mol. The number of likely N-dealkylation sites (N-methyl/N-ethyl adjacent to an activating group) is 1. The van der Waals surface area contributed by atoms with Gasteiger partial charge in [-0.15, -0.1) is 0 Å². The van der Waals surface area contributed by atoms with Crippen LogP contribution in [0.4, 0.5) is 0 Å². The Morgan fingerprint density at radius 2 is 1.88 bits per heavy atom. The number of nitrogens with one attached hydrogen (secondary N) is 1. The zero-order valence-corrected chi connectivity index (χ0v) is 11.2. The van der Waals surface area contributed by atoms with E-state index in [0.29, 0.717) is 0 Å². The molecule has 1 saturated carbocycles. The van der Waals surface area contributed by atoms with Crippen molar-refractivity contribution in [1.82, 2.24) is 10.2 Å². The van der Waals surface area contributed by atoms with E-state index in [2.05, 4.69) is 31.1 Å². The van der Waals surface area contributed by atoms with E-state index in [0.717, 1.165) is 23.9 Å². The van der Waals surface area contributed by atoms with Crippen molar-refractivity contribution in [3.63, 3.8) is 0 Å². The molecule has 0 bridgehead atoms. The van der Waals surface area contributed by atoms with E-state index < -0.39 is 0 Å². The Morgan fingerprint density at radius 1 is 1.06 bits per heavy atom. The Kier molecular flexibility index (Phi) is 4.26. The molecule has 0 aromatic heterocycles. The summed E-state index contributed by atoms with van der Waals surface area (Å²) in [4.78, 5) is 2.77. The number of nitrogens with zero attached hydrogens (tertiary/aromatic N) is 1. The molecule has 2 nitrogen and oxygen atoms in total. The third-order valence-corrected chi connectivity index (χ3v) is 4.61. The topological polar surface area (TPSA) is 15.3 Å². The van der Waals surface area contributed by atoms with Crippen molar-refractivity contribution in [3.05, 3.63) is 0 Å². The minimum Gasteiger partial charge on any atom is -0.315 e. The Balaban J connectivity index is 1.98. The molecule has 16 heavy (non-hydrogen) atoms. The third kappa shape index (κ3) is 2.78. The Morgan fingerprint density at radius 3 is 2.56 bits per heavy atom. The van der Waals surface area contributed by atoms with Gasteiger partial charge >= 0.3 is 0 Å². The largest absolute Gasteiger partial charge is 0.315 e. The van der Waals surface area contributed by atoms with Gasteiger partial charge in [0.25, 0.3) is 0 Å². The molecule has 1 aliphatic heterocycles. The maximum Gasteiger partial charge on any atom is 0.0251 e. The van der Waals surface area contributed by atoms with Crippen LogP contribution in [-0.2, 0) is 0 Å². The summed E-state index contributed by atoms with van der Waals surface area (Å²) in [6.45, 7) is 7.49. The maximum atomic E-state index is 3.55. The first-order valence-corrected chi connectivity index (χ1v) is 7.12. The Labute approximate surface area is 101 Å². The number of piperidine rings is 1. The van der Waals surface area contributed by atoms with Crippen molar-refractivity contribution >= 4 is 0 Å². The lowest BCUT2D eigenvalue weighted by molar-refractivity contribution is 0.0677. The minimum atomic E-state index is 0.737. The van der Waals surface area contributed by atoms with E-state index in [1.165, 1.54) is 45.2 Å².